The Morgan fingerprint density at radius 3 is 2.85 bits per heavy atom. The number of fused-ring (bicyclic) bond motifs is 1. The summed E-state index contributed by atoms with van der Waals surface area (Å²) in [6, 6.07) is 15.3. The SMILES string of the molecule is CNCC(=O)N1CCCC1c1cc2[nH]c(-c3ccccn3)nc2cc1Oc1ccc(F)cc1. The number of benzene rings is 2. The van der Waals surface area contributed by atoms with Gasteiger partial charge in [0.15, 0.2) is 5.82 Å². The molecule has 1 unspecified atom stereocenters. The summed E-state index contributed by atoms with van der Waals surface area (Å²) in [7, 11) is 1.77. The maximum absolute atomic E-state index is 13.4. The van der Waals surface area contributed by atoms with E-state index >= 15 is 0 Å². The molecule has 0 saturated carbocycles. The van der Waals surface area contributed by atoms with Gasteiger partial charge < -0.3 is 19.9 Å². The van der Waals surface area contributed by atoms with Crippen LogP contribution in [0.15, 0.2) is 60.8 Å². The molecule has 3 heterocycles. The van der Waals surface area contributed by atoms with Crippen LogP contribution in [0.2, 0.25) is 0 Å². The van der Waals surface area contributed by atoms with E-state index in [0.717, 1.165) is 35.1 Å². The summed E-state index contributed by atoms with van der Waals surface area (Å²) >= 11 is 0. The molecule has 8 heteroatoms. The van der Waals surface area contributed by atoms with Crippen molar-refractivity contribution in [3.05, 3.63) is 72.2 Å². The molecule has 5 rings (SSSR count). The molecular formula is C25H24FN5O2. The molecule has 0 spiro atoms. The minimum Gasteiger partial charge on any atom is -0.457 e. The number of likely N-dealkylation sites (tertiary alicyclic amines) is 1. The molecule has 1 atom stereocenters. The first-order valence-corrected chi connectivity index (χ1v) is 10.9. The van der Waals surface area contributed by atoms with Crippen LogP contribution in [-0.2, 0) is 4.79 Å². The number of nitrogens with zero attached hydrogens (tertiary/aromatic N) is 3. The number of likely N-dealkylation sites (N-methyl/N-ethyl adjacent to an activating group) is 1. The van der Waals surface area contributed by atoms with Gasteiger partial charge in [0.25, 0.3) is 0 Å². The highest BCUT2D eigenvalue weighted by Gasteiger charge is 2.32. The highest BCUT2D eigenvalue weighted by molar-refractivity contribution is 5.83. The van der Waals surface area contributed by atoms with Gasteiger partial charge in [0.1, 0.15) is 23.0 Å². The fourth-order valence-corrected chi connectivity index (χ4v) is 4.30. The van der Waals surface area contributed by atoms with Gasteiger partial charge in [0.05, 0.1) is 23.6 Å². The van der Waals surface area contributed by atoms with E-state index in [9.17, 15) is 9.18 Å². The van der Waals surface area contributed by atoms with Crippen LogP contribution in [0.25, 0.3) is 22.6 Å². The molecule has 168 valence electrons. The summed E-state index contributed by atoms with van der Waals surface area (Å²) in [6.07, 6.45) is 3.47. The zero-order chi connectivity index (χ0) is 22.8. The number of nitrogens with one attached hydrogen (secondary N) is 2. The monoisotopic (exact) mass is 445 g/mol. The normalized spacial score (nSPS) is 15.8. The van der Waals surface area contributed by atoms with E-state index in [1.807, 2.05) is 35.2 Å². The number of ether oxygens (including phenoxy) is 1. The molecule has 2 aromatic carbocycles. The van der Waals surface area contributed by atoms with E-state index in [2.05, 4.69) is 15.3 Å². The van der Waals surface area contributed by atoms with Crippen molar-refractivity contribution in [3.63, 3.8) is 0 Å². The molecule has 0 aliphatic carbocycles. The van der Waals surface area contributed by atoms with Gasteiger partial charge in [0.2, 0.25) is 5.91 Å². The van der Waals surface area contributed by atoms with Crippen LogP contribution in [-0.4, -0.2) is 45.9 Å². The average molecular weight is 445 g/mol. The lowest BCUT2D eigenvalue weighted by molar-refractivity contribution is -0.131. The Labute approximate surface area is 190 Å². The number of hydrogen-bond acceptors (Lipinski definition) is 5. The highest BCUT2D eigenvalue weighted by atomic mass is 19.1. The Bertz CT molecular complexity index is 1270. The Morgan fingerprint density at radius 2 is 2.09 bits per heavy atom. The third-order valence-electron chi connectivity index (χ3n) is 5.82. The lowest BCUT2D eigenvalue weighted by Crippen LogP contribution is -2.36. The van der Waals surface area contributed by atoms with E-state index in [1.165, 1.54) is 12.1 Å². The Morgan fingerprint density at radius 1 is 1.24 bits per heavy atom. The van der Waals surface area contributed by atoms with Crippen molar-refractivity contribution in [1.29, 1.82) is 0 Å². The fourth-order valence-electron chi connectivity index (χ4n) is 4.30. The van der Waals surface area contributed by atoms with Crippen molar-refractivity contribution in [3.8, 4) is 23.0 Å². The van der Waals surface area contributed by atoms with E-state index < -0.39 is 0 Å². The van der Waals surface area contributed by atoms with Crippen LogP contribution in [0.1, 0.15) is 24.4 Å². The number of carbonyl (C=O) groups is 1. The summed E-state index contributed by atoms with van der Waals surface area (Å²) in [6.45, 7) is 0.974. The van der Waals surface area contributed by atoms with Gasteiger partial charge >= 0.3 is 0 Å². The van der Waals surface area contributed by atoms with Crippen LogP contribution >= 0.6 is 0 Å². The van der Waals surface area contributed by atoms with Crippen molar-refractivity contribution in [2.75, 3.05) is 20.1 Å². The number of amides is 1. The largest absolute Gasteiger partial charge is 0.457 e. The van der Waals surface area contributed by atoms with Crippen molar-refractivity contribution in [2.45, 2.75) is 18.9 Å². The van der Waals surface area contributed by atoms with Gasteiger partial charge in [-0.1, -0.05) is 6.07 Å². The Kier molecular flexibility index (Phi) is 5.75. The summed E-state index contributed by atoms with van der Waals surface area (Å²) in [5.41, 5.74) is 3.19. The molecule has 33 heavy (non-hydrogen) atoms. The van der Waals surface area contributed by atoms with E-state index in [1.54, 1.807) is 25.4 Å². The second-order valence-corrected chi connectivity index (χ2v) is 8.04. The van der Waals surface area contributed by atoms with Gasteiger partial charge in [-0.2, -0.15) is 0 Å². The molecule has 0 radical (unpaired) electrons. The molecule has 4 aromatic rings. The third-order valence-corrected chi connectivity index (χ3v) is 5.82. The molecule has 2 aromatic heterocycles. The second-order valence-electron chi connectivity index (χ2n) is 8.04. The smallest absolute Gasteiger partial charge is 0.237 e. The second kappa shape index (κ2) is 8.99. The minimum atomic E-state index is -0.329. The highest BCUT2D eigenvalue weighted by Crippen LogP contribution is 2.41. The van der Waals surface area contributed by atoms with Gasteiger partial charge in [-0.25, -0.2) is 9.37 Å². The quantitative estimate of drug-likeness (QED) is 0.459. The van der Waals surface area contributed by atoms with Crippen LogP contribution < -0.4 is 10.1 Å². The van der Waals surface area contributed by atoms with Crippen LogP contribution in [0, 0.1) is 5.82 Å². The van der Waals surface area contributed by atoms with Crippen LogP contribution in [0.4, 0.5) is 4.39 Å². The lowest BCUT2D eigenvalue weighted by atomic mass is 10.0. The van der Waals surface area contributed by atoms with Crippen molar-refractivity contribution < 1.29 is 13.9 Å². The zero-order valence-electron chi connectivity index (χ0n) is 18.2. The number of halogens is 1. The van der Waals surface area contributed by atoms with Crippen molar-refractivity contribution in [1.82, 2.24) is 25.2 Å². The molecule has 0 bridgehead atoms. The lowest BCUT2D eigenvalue weighted by Gasteiger charge is -2.26. The molecule has 1 aliphatic heterocycles. The first-order valence-electron chi connectivity index (χ1n) is 10.9. The molecule has 1 amide bonds. The molecule has 1 aliphatic rings. The standard InChI is InChI=1S/C25H24FN5O2/c1-27-15-24(32)31-12-4-6-22(31)18-13-20-21(30-25(29-20)19-5-2-3-11-28-19)14-23(18)33-17-9-7-16(26)8-10-17/h2-3,5,7-11,13-14,22,27H,4,6,12,15H2,1H3,(H,29,30). The number of imidazole rings is 1. The van der Waals surface area contributed by atoms with Gasteiger partial charge in [-0.05, 0) is 62.4 Å². The van der Waals surface area contributed by atoms with E-state index in [-0.39, 0.29) is 24.3 Å². The van der Waals surface area contributed by atoms with Crippen molar-refractivity contribution in [2.24, 2.45) is 0 Å². The number of aromatic nitrogens is 3. The predicted molar refractivity (Wildman–Crippen MR) is 123 cm³/mol. The van der Waals surface area contributed by atoms with E-state index in [0.29, 0.717) is 23.9 Å². The number of carbonyl (C=O) groups excluding carboxylic acids is 1. The maximum atomic E-state index is 13.4. The van der Waals surface area contributed by atoms with Gasteiger partial charge in [-0.3, -0.25) is 9.78 Å². The summed E-state index contributed by atoms with van der Waals surface area (Å²) in [4.78, 5) is 27.1. The number of aromatic amines is 1. The third kappa shape index (κ3) is 4.29. The summed E-state index contributed by atoms with van der Waals surface area (Å²) in [5, 5.41) is 2.95. The number of rotatable bonds is 6. The molecule has 2 N–H and O–H groups in total. The average Bonchev–Trinajstić information content (AvgIpc) is 3.48. The number of pyridine rings is 1. The number of H-pyrrole nitrogens is 1. The summed E-state index contributed by atoms with van der Waals surface area (Å²) in [5.74, 6) is 1.49. The summed E-state index contributed by atoms with van der Waals surface area (Å²) < 4.78 is 19.6. The fraction of sp³-hybridized carbons (Fsp3) is 0.240. The van der Waals surface area contributed by atoms with Gasteiger partial charge in [0, 0.05) is 24.4 Å². The van der Waals surface area contributed by atoms with Gasteiger partial charge in [-0.15, -0.1) is 0 Å². The molecular weight excluding hydrogens is 421 g/mol. The maximum Gasteiger partial charge on any atom is 0.237 e. The molecule has 1 fully saturated rings. The first-order chi connectivity index (χ1) is 16.1. The number of hydrogen-bond donors (Lipinski definition) is 2. The molecule has 1 saturated heterocycles. The topological polar surface area (TPSA) is 83.1 Å². The van der Waals surface area contributed by atoms with Crippen LogP contribution in [0.3, 0.4) is 0 Å². The first kappa shape index (κ1) is 21.1. The predicted octanol–water partition coefficient (Wildman–Crippen LogP) is 4.44. The molecule has 7 nitrogen and oxygen atoms in total. The zero-order valence-corrected chi connectivity index (χ0v) is 18.2. The van der Waals surface area contributed by atoms with Crippen molar-refractivity contribution >= 4 is 16.9 Å². The van der Waals surface area contributed by atoms with E-state index in [4.69, 9.17) is 9.72 Å². The minimum absolute atomic E-state index is 0.0478. The van der Waals surface area contributed by atoms with Crippen LogP contribution in [0.5, 0.6) is 11.5 Å². The Hall–Kier alpha value is -3.78. The Balaban J connectivity index is 1.59.